The van der Waals surface area contributed by atoms with Crippen molar-refractivity contribution in [3.05, 3.63) is 34.0 Å². The third kappa shape index (κ3) is 5.45. The quantitative estimate of drug-likeness (QED) is 0.635. The summed E-state index contributed by atoms with van der Waals surface area (Å²) in [6.45, 7) is 2.15. The molecule has 1 aromatic rings. The summed E-state index contributed by atoms with van der Waals surface area (Å²) in [5.41, 5.74) is 0.939. The zero-order valence-corrected chi connectivity index (χ0v) is 10.8. The summed E-state index contributed by atoms with van der Waals surface area (Å²) >= 11 is 1.44. The smallest absolute Gasteiger partial charge is 0.328 e. The van der Waals surface area contributed by atoms with Crippen LogP contribution in [0.15, 0.2) is 23.6 Å². The van der Waals surface area contributed by atoms with E-state index in [1.807, 2.05) is 17.5 Å². The molecule has 4 nitrogen and oxygen atoms in total. The molecule has 0 saturated carbocycles. The molecule has 18 heavy (non-hydrogen) atoms. The van der Waals surface area contributed by atoms with Crippen LogP contribution in [0.4, 0.5) is 0 Å². The van der Waals surface area contributed by atoms with Crippen molar-refractivity contribution in [2.45, 2.75) is 13.3 Å². The van der Waals surface area contributed by atoms with Gasteiger partial charge in [0.15, 0.2) is 0 Å². The Kier molecular flexibility index (Phi) is 5.87. The Hall–Kier alpha value is -1.88. The Morgan fingerprint density at radius 2 is 2.22 bits per heavy atom. The van der Waals surface area contributed by atoms with Gasteiger partial charge in [0, 0.05) is 11.0 Å². The average molecular weight is 266 g/mol. The first-order chi connectivity index (χ1) is 8.61. The molecule has 1 heterocycles. The molecular weight excluding hydrogens is 252 g/mol. The summed E-state index contributed by atoms with van der Waals surface area (Å²) in [5.74, 6) is -1.22. The second kappa shape index (κ2) is 7.45. The van der Waals surface area contributed by atoms with Crippen molar-refractivity contribution in [3.63, 3.8) is 0 Å². The third-order valence-corrected chi connectivity index (χ3v) is 2.85. The number of hydrogen-bond acceptors (Lipinski definition) is 4. The molecule has 0 aromatic carbocycles. The van der Waals surface area contributed by atoms with Crippen LogP contribution in [0.1, 0.15) is 23.8 Å². The molecule has 0 aliphatic rings. The molecule has 5 heteroatoms. The number of esters is 1. The Labute approximate surface area is 109 Å². The van der Waals surface area contributed by atoms with Gasteiger partial charge in [-0.3, -0.25) is 4.79 Å². The topological polar surface area (TPSA) is 63.6 Å². The number of carbonyl (C=O) groups excluding carboxylic acids is 1. The lowest BCUT2D eigenvalue weighted by atomic mass is 10.2. The van der Waals surface area contributed by atoms with Crippen LogP contribution in [-0.4, -0.2) is 23.7 Å². The van der Waals surface area contributed by atoms with E-state index in [4.69, 9.17) is 9.84 Å². The van der Waals surface area contributed by atoms with Gasteiger partial charge in [0.2, 0.25) is 0 Å². The highest BCUT2D eigenvalue weighted by atomic mass is 32.1. The fourth-order valence-electron chi connectivity index (χ4n) is 1.21. The van der Waals surface area contributed by atoms with Crippen molar-refractivity contribution >= 4 is 35.4 Å². The van der Waals surface area contributed by atoms with Crippen molar-refractivity contribution < 1.29 is 19.4 Å². The molecule has 0 bridgehead atoms. The fraction of sp³-hybridized carbons (Fsp3) is 0.231. The summed E-state index contributed by atoms with van der Waals surface area (Å²) in [4.78, 5) is 22.3. The molecule has 1 N–H and O–H groups in total. The van der Waals surface area contributed by atoms with E-state index in [2.05, 4.69) is 0 Å². The standard InChI is InChI=1S/C13H14O4S/c1-2-17-13(16)5-3-4-10-8-11(18-9-10)6-7-12(14)15/h3-4,6-9H,2,5H2,1H3,(H,14,15)/b4-3?,7-6+. The van der Waals surface area contributed by atoms with Crippen molar-refractivity contribution in [2.24, 2.45) is 0 Å². The average Bonchev–Trinajstić information content (AvgIpc) is 2.75. The first-order valence-electron chi connectivity index (χ1n) is 5.43. The van der Waals surface area contributed by atoms with Crippen LogP contribution in [0, 0.1) is 0 Å². The lowest BCUT2D eigenvalue weighted by molar-refractivity contribution is -0.142. The second-order valence-corrected chi connectivity index (χ2v) is 4.31. The lowest BCUT2D eigenvalue weighted by Gasteiger charge is -1.95. The molecule has 0 radical (unpaired) electrons. The minimum atomic E-state index is -0.970. The zero-order valence-electron chi connectivity index (χ0n) is 9.96. The highest BCUT2D eigenvalue weighted by Crippen LogP contribution is 2.17. The van der Waals surface area contributed by atoms with Gasteiger partial charge in [-0.1, -0.05) is 12.2 Å². The SMILES string of the molecule is CCOC(=O)CC=Cc1csc(/C=C/C(=O)O)c1. The minimum absolute atomic E-state index is 0.240. The molecule has 0 unspecified atom stereocenters. The highest BCUT2D eigenvalue weighted by molar-refractivity contribution is 7.11. The van der Waals surface area contributed by atoms with Crippen LogP contribution < -0.4 is 0 Å². The van der Waals surface area contributed by atoms with Gasteiger partial charge < -0.3 is 9.84 Å². The van der Waals surface area contributed by atoms with Crippen LogP contribution >= 0.6 is 11.3 Å². The predicted molar refractivity (Wildman–Crippen MR) is 71.3 cm³/mol. The van der Waals surface area contributed by atoms with Gasteiger partial charge in [0.25, 0.3) is 0 Å². The molecule has 0 saturated heterocycles. The summed E-state index contributed by atoms with van der Waals surface area (Å²) in [5, 5.41) is 10.4. The maximum absolute atomic E-state index is 11.1. The maximum Gasteiger partial charge on any atom is 0.328 e. The molecule has 0 aliphatic heterocycles. The minimum Gasteiger partial charge on any atom is -0.478 e. The van der Waals surface area contributed by atoms with Crippen molar-refractivity contribution in [1.29, 1.82) is 0 Å². The summed E-state index contributed by atoms with van der Waals surface area (Å²) in [6.07, 6.45) is 6.41. The van der Waals surface area contributed by atoms with Crippen molar-refractivity contribution in [3.8, 4) is 0 Å². The third-order valence-electron chi connectivity index (χ3n) is 1.93. The molecule has 1 rings (SSSR count). The monoisotopic (exact) mass is 266 g/mol. The zero-order chi connectivity index (χ0) is 13.4. The Bertz CT molecular complexity index is 471. The van der Waals surface area contributed by atoms with Crippen molar-refractivity contribution in [2.75, 3.05) is 6.61 Å². The first kappa shape index (κ1) is 14.2. The summed E-state index contributed by atoms with van der Waals surface area (Å²) in [7, 11) is 0. The second-order valence-electron chi connectivity index (χ2n) is 3.37. The predicted octanol–water partition coefficient (Wildman–Crippen LogP) is 2.81. The molecular formula is C13H14O4S. The number of carboxylic acids is 1. The van der Waals surface area contributed by atoms with E-state index in [1.54, 1.807) is 13.0 Å². The normalized spacial score (nSPS) is 11.2. The Balaban J connectivity index is 2.51. The largest absolute Gasteiger partial charge is 0.478 e. The van der Waals surface area contributed by atoms with Crippen LogP contribution in [0.5, 0.6) is 0 Å². The van der Waals surface area contributed by atoms with Gasteiger partial charge in [0.1, 0.15) is 0 Å². The van der Waals surface area contributed by atoms with Crippen LogP contribution in [-0.2, 0) is 14.3 Å². The summed E-state index contributed by atoms with van der Waals surface area (Å²) in [6, 6.07) is 1.85. The number of hydrogen-bond donors (Lipinski definition) is 1. The highest BCUT2D eigenvalue weighted by Gasteiger charge is 1.98. The van der Waals surface area contributed by atoms with E-state index in [0.717, 1.165) is 16.5 Å². The lowest BCUT2D eigenvalue weighted by Crippen LogP contribution is -2.01. The number of thiophene rings is 1. The Morgan fingerprint density at radius 1 is 1.44 bits per heavy atom. The van der Waals surface area contributed by atoms with E-state index in [9.17, 15) is 9.59 Å². The number of carbonyl (C=O) groups is 2. The van der Waals surface area contributed by atoms with Crippen molar-refractivity contribution in [1.82, 2.24) is 0 Å². The Morgan fingerprint density at radius 3 is 2.89 bits per heavy atom. The fourth-order valence-corrected chi connectivity index (χ4v) is 1.98. The van der Waals surface area contributed by atoms with Gasteiger partial charge in [-0.2, -0.15) is 0 Å². The van der Waals surface area contributed by atoms with E-state index in [-0.39, 0.29) is 12.4 Å². The molecule has 0 spiro atoms. The molecule has 0 aliphatic carbocycles. The van der Waals surface area contributed by atoms with E-state index in [0.29, 0.717) is 6.61 Å². The van der Waals surface area contributed by atoms with Crippen LogP contribution in [0.25, 0.3) is 12.2 Å². The first-order valence-corrected chi connectivity index (χ1v) is 6.31. The molecule has 1 aromatic heterocycles. The van der Waals surface area contributed by atoms with Gasteiger partial charge in [-0.05, 0) is 30.0 Å². The molecule has 0 fully saturated rings. The van der Waals surface area contributed by atoms with Crippen LogP contribution in [0.3, 0.4) is 0 Å². The molecule has 0 amide bonds. The van der Waals surface area contributed by atoms with Crippen LogP contribution in [0.2, 0.25) is 0 Å². The van der Waals surface area contributed by atoms with E-state index >= 15 is 0 Å². The van der Waals surface area contributed by atoms with E-state index in [1.165, 1.54) is 17.4 Å². The maximum atomic E-state index is 11.1. The van der Waals surface area contributed by atoms with Gasteiger partial charge >= 0.3 is 11.9 Å². The van der Waals surface area contributed by atoms with E-state index < -0.39 is 5.97 Å². The molecule has 96 valence electrons. The number of carboxylic acid groups (broad SMARTS) is 1. The summed E-state index contributed by atoms with van der Waals surface area (Å²) < 4.78 is 4.79. The van der Waals surface area contributed by atoms with Gasteiger partial charge in [-0.25, -0.2) is 4.79 Å². The van der Waals surface area contributed by atoms with Gasteiger partial charge in [0.05, 0.1) is 13.0 Å². The number of rotatable bonds is 6. The number of aliphatic carboxylic acids is 1. The number of ether oxygens (including phenoxy) is 1. The van der Waals surface area contributed by atoms with Gasteiger partial charge in [-0.15, -0.1) is 11.3 Å². The molecule has 0 atom stereocenters.